The Bertz CT molecular complexity index is 352. The van der Waals surface area contributed by atoms with Gasteiger partial charge < -0.3 is 10.1 Å². The van der Waals surface area contributed by atoms with Crippen molar-refractivity contribution in [1.82, 2.24) is 5.32 Å². The third-order valence-electron chi connectivity index (χ3n) is 2.82. The fraction of sp³-hybridized carbons (Fsp3) is 0.600. The molecule has 0 heterocycles. The summed E-state index contributed by atoms with van der Waals surface area (Å²) in [4.78, 5) is 0. The Morgan fingerprint density at radius 3 is 2.50 bits per heavy atom. The van der Waals surface area contributed by atoms with E-state index in [1.165, 1.54) is 5.56 Å². The normalized spacial score (nSPS) is 13.3. The molecule has 0 aromatic heterocycles. The first-order valence-electron chi connectivity index (χ1n) is 6.58. The molecule has 102 valence electrons. The summed E-state index contributed by atoms with van der Waals surface area (Å²) in [6.45, 7) is 10.3. The largest absolute Gasteiger partial charge is 0.372 e. The molecule has 0 fully saturated rings. The van der Waals surface area contributed by atoms with Gasteiger partial charge in [0.25, 0.3) is 0 Å². The van der Waals surface area contributed by atoms with Crippen LogP contribution < -0.4 is 5.32 Å². The topological polar surface area (TPSA) is 21.3 Å². The first-order chi connectivity index (χ1) is 8.49. The second kappa shape index (κ2) is 7.93. The van der Waals surface area contributed by atoms with Gasteiger partial charge in [0, 0.05) is 17.1 Å². The van der Waals surface area contributed by atoms with Crippen LogP contribution in [-0.2, 0) is 11.3 Å². The molecule has 0 saturated carbocycles. The van der Waals surface area contributed by atoms with E-state index in [0.717, 1.165) is 11.0 Å². The molecule has 0 spiro atoms. The van der Waals surface area contributed by atoms with Crippen molar-refractivity contribution >= 4 is 15.9 Å². The smallest absolute Gasteiger partial charge is 0.0726 e. The monoisotopic (exact) mass is 313 g/mol. The van der Waals surface area contributed by atoms with Crippen LogP contribution in [0, 0.1) is 5.92 Å². The zero-order valence-corrected chi connectivity index (χ0v) is 13.3. The number of halogens is 1. The van der Waals surface area contributed by atoms with Gasteiger partial charge in [-0.1, -0.05) is 55.8 Å². The van der Waals surface area contributed by atoms with Crippen LogP contribution in [0.25, 0.3) is 0 Å². The number of hydrogen-bond donors (Lipinski definition) is 1. The number of rotatable bonds is 7. The Labute approximate surface area is 119 Å². The molecule has 0 amide bonds. The van der Waals surface area contributed by atoms with Gasteiger partial charge in [-0.2, -0.15) is 0 Å². The Hall–Kier alpha value is -0.380. The van der Waals surface area contributed by atoms with E-state index in [1.807, 2.05) is 12.1 Å². The number of hydrogen-bond acceptors (Lipinski definition) is 2. The molecule has 0 bridgehead atoms. The summed E-state index contributed by atoms with van der Waals surface area (Å²) in [6.07, 6.45) is 0.256. The van der Waals surface area contributed by atoms with Gasteiger partial charge in [0.1, 0.15) is 0 Å². The Kier molecular flexibility index (Phi) is 6.90. The highest BCUT2D eigenvalue weighted by Crippen LogP contribution is 2.14. The van der Waals surface area contributed by atoms with Crippen molar-refractivity contribution in [3.05, 3.63) is 34.3 Å². The molecular formula is C15H24BrNO. The minimum Gasteiger partial charge on any atom is -0.372 e. The van der Waals surface area contributed by atoms with E-state index in [1.54, 1.807) is 0 Å². The van der Waals surface area contributed by atoms with Gasteiger partial charge >= 0.3 is 0 Å². The maximum Gasteiger partial charge on any atom is 0.0726 e. The summed E-state index contributed by atoms with van der Waals surface area (Å²) in [5.41, 5.74) is 1.21. The molecule has 0 saturated heterocycles. The molecular weight excluding hydrogens is 290 g/mol. The molecule has 0 aliphatic rings. The molecule has 1 N–H and O–H groups in total. The van der Waals surface area contributed by atoms with Crippen molar-refractivity contribution in [2.75, 3.05) is 6.54 Å². The van der Waals surface area contributed by atoms with Crippen molar-refractivity contribution in [2.24, 2.45) is 5.92 Å². The molecule has 1 aromatic carbocycles. The van der Waals surface area contributed by atoms with E-state index in [4.69, 9.17) is 4.74 Å². The predicted octanol–water partition coefficient (Wildman–Crippen LogP) is 3.99. The van der Waals surface area contributed by atoms with Gasteiger partial charge in [0.05, 0.1) is 12.7 Å². The summed E-state index contributed by atoms with van der Waals surface area (Å²) >= 11 is 3.48. The van der Waals surface area contributed by atoms with E-state index in [9.17, 15) is 0 Å². The Morgan fingerprint density at radius 2 is 1.94 bits per heavy atom. The molecule has 1 atom stereocenters. The van der Waals surface area contributed by atoms with Crippen LogP contribution in [0.5, 0.6) is 0 Å². The third-order valence-corrected chi connectivity index (χ3v) is 3.32. The van der Waals surface area contributed by atoms with Crippen LogP contribution in [0.2, 0.25) is 0 Å². The standard InChI is InChI=1S/C15H24BrNO/c1-11(2)15(9-17-12(3)4)18-10-13-6-5-7-14(16)8-13/h5-8,11-12,15,17H,9-10H2,1-4H3. The average Bonchev–Trinajstić information content (AvgIpc) is 2.28. The second-order valence-electron chi connectivity index (χ2n) is 5.29. The molecule has 18 heavy (non-hydrogen) atoms. The lowest BCUT2D eigenvalue weighted by Gasteiger charge is -2.23. The van der Waals surface area contributed by atoms with E-state index in [2.05, 4.69) is 61.1 Å². The van der Waals surface area contributed by atoms with E-state index >= 15 is 0 Å². The van der Waals surface area contributed by atoms with Crippen molar-refractivity contribution in [2.45, 2.75) is 46.4 Å². The number of benzene rings is 1. The summed E-state index contributed by atoms with van der Waals surface area (Å²) in [7, 11) is 0. The summed E-state index contributed by atoms with van der Waals surface area (Å²) in [5.74, 6) is 0.517. The minimum atomic E-state index is 0.256. The fourth-order valence-electron chi connectivity index (χ4n) is 1.67. The quantitative estimate of drug-likeness (QED) is 0.822. The van der Waals surface area contributed by atoms with Crippen molar-refractivity contribution in [3.8, 4) is 0 Å². The van der Waals surface area contributed by atoms with E-state index in [0.29, 0.717) is 18.6 Å². The van der Waals surface area contributed by atoms with Crippen molar-refractivity contribution in [1.29, 1.82) is 0 Å². The van der Waals surface area contributed by atoms with Crippen LogP contribution >= 0.6 is 15.9 Å². The molecule has 0 radical (unpaired) electrons. The lowest BCUT2D eigenvalue weighted by molar-refractivity contribution is 0.0103. The molecule has 1 rings (SSSR count). The minimum absolute atomic E-state index is 0.256. The Balaban J connectivity index is 2.46. The highest BCUT2D eigenvalue weighted by Gasteiger charge is 2.14. The first-order valence-corrected chi connectivity index (χ1v) is 7.37. The lowest BCUT2D eigenvalue weighted by Crippen LogP contribution is -2.36. The van der Waals surface area contributed by atoms with Gasteiger partial charge in [0.2, 0.25) is 0 Å². The first kappa shape index (κ1) is 15.7. The summed E-state index contributed by atoms with van der Waals surface area (Å²) in [5, 5.41) is 3.44. The van der Waals surface area contributed by atoms with Crippen molar-refractivity contribution < 1.29 is 4.74 Å². The van der Waals surface area contributed by atoms with Crippen LogP contribution in [0.15, 0.2) is 28.7 Å². The Morgan fingerprint density at radius 1 is 1.22 bits per heavy atom. The van der Waals surface area contributed by atoms with Crippen LogP contribution in [0.4, 0.5) is 0 Å². The lowest BCUT2D eigenvalue weighted by atomic mass is 10.1. The third kappa shape index (κ3) is 5.98. The number of nitrogens with one attached hydrogen (secondary N) is 1. The maximum absolute atomic E-state index is 6.01. The van der Waals surface area contributed by atoms with E-state index in [-0.39, 0.29) is 6.10 Å². The number of ether oxygens (including phenoxy) is 1. The maximum atomic E-state index is 6.01. The second-order valence-corrected chi connectivity index (χ2v) is 6.20. The molecule has 1 unspecified atom stereocenters. The van der Waals surface area contributed by atoms with Crippen LogP contribution in [-0.4, -0.2) is 18.7 Å². The predicted molar refractivity (Wildman–Crippen MR) is 80.7 cm³/mol. The molecule has 3 heteroatoms. The highest BCUT2D eigenvalue weighted by atomic mass is 79.9. The molecule has 1 aromatic rings. The van der Waals surface area contributed by atoms with Gasteiger partial charge in [-0.05, 0) is 23.6 Å². The summed E-state index contributed by atoms with van der Waals surface area (Å²) < 4.78 is 7.11. The highest BCUT2D eigenvalue weighted by molar-refractivity contribution is 9.10. The average molecular weight is 314 g/mol. The van der Waals surface area contributed by atoms with Gasteiger partial charge in [-0.25, -0.2) is 0 Å². The summed E-state index contributed by atoms with van der Waals surface area (Å²) in [6, 6.07) is 8.77. The SMILES string of the molecule is CC(C)NCC(OCc1cccc(Br)c1)C(C)C. The van der Waals surface area contributed by atoms with Gasteiger partial charge in [0.15, 0.2) is 0 Å². The molecule has 0 aliphatic heterocycles. The van der Waals surface area contributed by atoms with Crippen LogP contribution in [0.3, 0.4) is 0 Å². The van der Waals surface area contributed by atoms with Gasteiger partial charge in [-0.3, -0.25) is 0 Å². The zero-order chi connectivity index (χ0) is 13.5. The molecule has 0 aliphatic carbocycles. The zero-order valence-electron chi connectivity index (χ0n) is 11.7. The molecule has 2 nitrogen and oxygen atoms in total. The fourth-order valence-corrected chi connectivity index (χ4v) is 2.12. The van der Waals surface area contributed by atoms with Crippen LogP contribution in [0.1, 0.15) is 33.3 Å². The van der Waals surface area contributed by atoms with E-state index < -0.39 is 0 Å². The van der Waals surface area contributed by atoms with Crippen molar-refractivity contribution in [3.63, 3.8) is 0 Å². The van der Waals surface area contributed by atoms with Gasteiger partial charge in [-0.15, -0.1) is 0 Å².